The number of benzene rings is 1. The van der Waals surface area contributed by atoms with E-state index in [1.54, 1.807) is 6.92 Å². The number of sulfonamides is 1. The van der Waals surface area contributed by atoms with Gasteiger partial charge in [-0.1, -0.05) is 0 Å². The molecule has 1 aromatic carbocycles. The highest BCUT2D eigenvalue weighted by atomic mass is 32.2. The Hall–Kier alpha value is -2.15. The number of rotatable bonds is 3. The molecule has 0 radical (unpaired) electrons. The number of nitrogens with zero attached hydrogens (tertiary/aromatic N) is 2. The maximum Gasteiger partial charge on any atom is 0.267 e. The molecule has 0 spiro atoms. The van der Waals surface area contributed by atoms with Gasteiger partial charge in [-0.2, -0.15) is 0 Å². The van der Waals surface area contributed by atoms with Crippen LogP contribution in [0.2, 0.25) is 0 Å². The van der Waals surface area contributed by atoms with Crippen LogP contribution in [0.1, 0.15) is 5.56 Å². The average Bonchev–Trinajstić information content (AvgIpc) is 2.42. The van der Waals surface area contributed by atoms with Gasteiger partial charge in [0.05, 0.1) is 5.69 Å². The number of aryl methyl sites for hydroxylation is 1. The molecule has 0 saturated heterocycles. The van der Waals surface area contributed by atoms with Crippen molar-refractivity contribution in [3.05, 3.63) is 48.0 Å². The molecule has 2 N–H and O–H groups in total. The summed E-state index contributed by atoms with van der Waals surface area (Å²) in [6, 6.07) is 5.29. The van der Waals surface area contributed by atoms with Crippen LogP contribution in [0.25, 0.3) is 0 Å². The summed E-state index contributed by atoms with van der Waals surface area (Å²) in [6.07, 6.45) is 2.92. The molecule has 1 heterocycles. The van der Waals surface area contributed by atoms with E-state index in [9.17, 15) is 12.8 Å². The van der Waals surface area contributed by atoms with Crippen molar-refractivity contribution in [2.45, 2.75) is 11.8 Å². The van der Waals surface area contributed by atoms with Crippen LogP contribution in [0, 0.1) is 12.7 Å². The average molecular weight is 295 g/mol. The van der Waals surface area contributed by atoms with Crippen molar-refractivity contribution < 1.29 is 12.8 Å². The summed E-state index contributed by atoms with van der Waals surface area (Å²) in [4.78, 5) is 3.37. The van der Waals surface area contributed by atoms with Crippen molar-refractivity contribution in [2.24, 2.45) is 0 Å². The SMILES string of the molecule is Cc1cc(F)c(S(=O)(=O)N(C)c2ccncc2)cc1N. The van der Waals surface area contributed by atoms with Gasteiger partial charge < -0.3 is 5.73 Å². The largest absolute Gasteiger partial charge is 0.398 e. The predicted octanol–water partition coefficient (Wildman–Crippen LogP) is 1.94. The molecule has 0 saturated carbocycles. The van der Waals surface area contributed by atoms with Crippen molar-refractivity contribution in [3.63, 3.8) is 0 Å². The number of anilines is 2. The normalized spacial score (nSPS) is 11.3. The number of aromatic nitrogens is 1. The Morgan fingerprint density at radius 1 is 1.25 bits per heavy atom. The van der Waals surface area contributed by atoms with E-state index in [0.29, 0.717) is 11.3 Å². The molecule has 0 amide bonds. The zero-order valence-corrected chi connectivity index (χ0v) is 11.9. The third-order valence-corrected chi connectivity index (χ3v) is 4.79. The fourth-order valence-electron chi connectivity index (χ4n) is 1.71. The van der Waals surface area contributed by atoms with E-state index in [1.165, 1.54) is 31.6 Å². The Bertz CT molecular complexity index is 733. The van der Waals surface area contributed by atoms with Crippen molar-refractivity contribution >= 4 is 21.4 Å². The smallest absolute Gasteiger partial charge is 0.267 e. The van der Waals surface area contributed by atoms with Gasteiger partial charge in [-0.05, 0) is 36.8 Å². The zero-order valence-electron chi connectivity index (χ0n) is 11.0. The van der Waals surface area contributed by atoms with Gasteiger partial charge in [-0.25, -0.2) is 12.8 Å². The van der Waals surface area contributed by atoms with Crippen molar-refractivity contribution in [1.29, 1.82) is 0 Å². The molecule has 2 rings (SSSR count). The highest BCUT2D eigenvalue weighted by Gasteiger charge is 2.25. The lowest BCUT2D eigenvalue weighted by atomic mass is 10.2. The molecule has 7 heteroatoms. The first-order valence-electron chi connectivity index (χ1n) is 5.78. The molecule has 0 fully saturated rings. The van der Waals surface area contributed by atoms with E-state index in [1.807, 2.05) is 0 Å². The maximum absolute atomic E-state index is 13.9. The third-order valence-electron chi connectivity index (χ3n) is 2.99. The first-order valence-corrected chi connectivity index (χ1v) is 7.22. The minimum Gasteiger partial charge on any atom is -0.398 e. The Morgan fingerprint density at radius 2 is 1.85 bits per heavy atom. The van der Waals surface area contributed by atoms with Crippen molar-refractivity contribution in [2.75, 3.05) is 17.1 Å². The van der Waals surface area contributed by atoms with E-state index in [-0.39, 0.29) is 5.69 Å². The lowest BCUT2D eigenvalue weighted by Crippen LogP contribution is -2.27. The molecular weight excluding hydrogens is 281 g/mol. The standard InChI is InChI=1S/C13H14FN3O2S/c1-9-7-11(14)13(8-12(9)15)20(18,19)17(2)10-3-5-16-6-4-10/h3-8H,15H2,1-2H3. The Balaban J connectivity index is 2.54. The van der Waals surface area contributed by atoms with Gasteiger partial charge in [-0.3, -0.25) is 9.29 Å². The van der Waals surface area contributed by atoms with Gasteiger partial charge in [0.15, 0.2) is 0 Å². The molecule has 0 bridgehead atoms. The Kier molecular flexibility index (Phi) is 3.63. The summed E-state index contributed by atoms with van der Waals surface area (Å²) < 4.78 is 39.8. The van der Waals surface area contributed by atoms with Gasteiger partial charge in [0.1, 0.15) is 10.7 Å². The number of pyridine rings is 1. The summed E-state index contributed by atoms with van der Waals surface area (Å²) in [6.45, 7) is 1.61. The minimum absolute atomic E-state index is 0.230. The zero-order chi connectivity index (χ0) is 14.9. The monoisotopic (exact) mass is 295 g/mol. The Labute approximate surface area is 116 Å². The van der Waals surface area contributed by atoms with Gasteiger partial charge in [-0.15, -0.1) is 0 Å². The first-order chi connectivity index (χ1) is 9.34. The van der Waals surface area contributed by atoms with E-state index in [2.05, 4.69) is 4.98 Å². The second-order valence-corrected chi connectivity index (χ2v) is 6.25. The summed E-state index contributed by atoms with van der Waals surface area (Å²) in [5.74, 6) is -0.822. The molecule has 0 aliphatic rings. The quantitative estimate of drug-likeness (QED) is 0.878. The number of hydrogen-bond donors (Lipinski definition) is 1. The van der Waals surface area contributed by atoms with Crippen LogP contribution in [-0.2, 0) is 10.0 Å². The number of hydrogen-bond acceptors (Lipinski definition) is 4. The molecule has 106 valence electrons. The number of halogens is 1. The lowest BCUT2D eigenvalue weighted by molar-refractivity contribution is 0.565. The molecule has 0 unspecified atom stereocenters. The van der Waals surface area contributed by atoms with Crippen LogP contribution in [0.15, 0.2) is 41.6 Å². The number of nitrogen functional groups attached to an aromatic ring is 1. The minimum atomic E-state index is -4.01. The van der Waals surface area contributed by atoms with E-state index >= 15 is 0 Å². The highest BCUT2D eigenvalue weighted by molar-refractivity contribution is 7.92. The Morgan fingerprint density at radius 3 is 2.45 bits per heavy atom. The van der Waals surface area contributed by atoms with Gasteiger partial charge in [0.25, 0.3) is 10.0 Å². The molecule has 1 aromatic heterocycles. The summed E-state index contributed by atoms with van der Waals surface area (Å²) in [5.41, 5.74) is 6.78. The van der Waals surface area contributed by atoms with E-state index in [4.69, 9.17) is 5.73 Å². The second kappa shape index (κ2) is 5.09. The van der Waals surface area contributed by atoms with Gasteiger partial charge in [0.2, 0.25) is 0 Å². The highest BCUT2D eigenvalue weighted by Crippen LogP contribution is 2.26. The fraction of sp³-hybridized carbons (Fsp3) is 0.154. The lowest BCUT2D eigenvalue weighted by Gasteiger charge is -2.20. The van der Waals surface area contributed by atoms with Crippen LogP contribution in [-0.4, -0.2) is 20.4 Å². The summed E-state index contributed by atoms with van der Waals surface area (Å²) >= 11 is 0. The fourth-order valence-corrected chi connectivity index (χ4v) is 2.98. The molecule has 0 aliphatic heterocycles. The van der Waals surface area contributed by atoms with Crippen LogP contribution < -0.4 is 10.0 Å². The predicted molar refractivity (Wildman–Crippen MR) is 75.4 cm³/mol. The van der Waals surface area contributed by atoms with Gasteiger partial charge in [0, 0.05) is 25.1 Å². The summed E-state index contributed by atoms with van der Waals surface area (Å²) in [5, 5.41) is 0. The third kappa shape index (κ3) is 2.44. The van der Waals surface area contributed by atoms with Crippen molar-refractivity contribution in [3.8, 4) is 0 Å². The van der Waals surface area contributed by atoms with Gasteiger partial charge >= 0.3 is 0 Å². The van der Waals surface area contributed by atoms with Crippen molar-refractivity contribution in [1.82, 2.24) is 4.98 Å². The van der Waals surface area contributed by atoms with Crippen LogP contribution >= 0.6 is 0 Å². The molecular formula is C13H14FN3O2S. The second-order valence-electron chi connectivity index (χ2n) is 4.32. The topological polar surface area (TPSA) is 76.3 Å². The molecule has 0 aliphatic carbocycles. The first kappa shape index (κ1) is 14.3. The van der Waals surface area contributed by atoms with E-state index < -0.39 is 20.7 Å². The van der Waals surface area contributed by atoms with E-state index in [0.717, 1.165) is 16.4 Å². The molecule has 5 nitrogen and oxygen atoms in total. The maximum atomic E-state index is 13.9. The molecule has 20 heavy (non-hydrogen) atoms. The summed E-state index contributed by atoms with van der Waals surface area (Å²) in [7, 11) is -2.66. The molecule has 0 atom stereocenters. The van der Waals surface area contributed by atoms with Crippen LogP contribution in [0.3, 0.4) is 0 Å². The number of nitrogens with two attached hydrogens (primary N) is 1. The molecule has 2 aromatic rings. The van der Waals surface area contributed by atoms with Crippen LogP contribution in [0.4, 0.5) is 15.8 Å². The van der Waals surface area contributed by atoms with Crippen LogP contribution in [0.5, 0.6) is 0 Å².